The van der Waals surface area contributed by atoms with Crippen LogP contribution in [0.1, 0.15) is 6.42 Å². The molecule has 152 valence electrons. The third-order valence-electron chi connectivity index (χ3n) is 4.04. The first-order valence-corrected chi connectivity index (χ1v) is 8.96. The predicted octanol–water partition coefficient (Wildman–Crippen LogP) is 3.87. The predicted molar refractivity (Wildman–Crippen MR) is 108 cm³/mol. The van der Waals surface area contributed by atoms with Crippen LogP contribution in [0.4, 0.5) is 16.2 Å². The smallest absolute Gasteiger partial charge is 0.468 e. The second-order valence-corrected chi connectivity index (χ2v) is 5.89. The van der Waals surface area contributed by atoms with Crippen LogP contribution in [0.5, 0.6) is 0 Å². The van der Waals surface area contributed by atoms with Crippen LogP contribution in [-0.4, -0.2) is 38.9 Å². The van der Waals surface area contributed by atoms with Gasteiger partial charge < -0.3 is 14.2 Å². The fourth-order valence-corrected chi connectivity index (χ4v) is 2.63. The van der Waals surface area contributed by atoms with Crippen molar-refractivity contribution in [2.45, 2.75) is 6.42 Å². The van der Waals surface area contributed by atoms with E-state index in [1.165, 1.54) is 25.2 Å². The van der Waals surface area contributed by atoms with Crippen molar-refractivity contribution >= 4 is 29.4 Å². The minimum atomic E-state index is -1.06. The molecule has 0 aliphatic carbocycles. The van der Waals surface area contributed by atoms with Crippen LogP contribution < -0.4 is 4.90 Å². The van der Waals surface area contributed by atoms with Crippen molar-refractivity contribution in [2.75, 3.05) is 25.7 Å². The summed E-state index contributed by atoms with van der Waals surface area (Å²) in [6, 6.07) is 18.1. The zero-order chi connectivity index (χ0) is 21.1. The molecule has 1 unspecified atom stereocenters. The largest absolute Gasteiger partial charge is 0.508 e. The normalized spacial score (nSPS) is 11.5. The average molecular weight is 397 g/mol. The maximum absolute atomic E-state index is 13.3. The van der Waals surface area contributed by atoms with Gasteiger partial charge in [0, 0.05) is 11.4 Å². The lowest BCUT2D eigenvalue weighted by atomic mass is 10.0. The van der Waals surface area contributed by atoms with Gasteiger partial charge in [0.25, 0.3) is 0 Å². The van der Waals surface area contributed by atoms with E-state index in [2.05, 4.69) is 4.74 Å². The molecule has 7 nitrogen and oxygen atoms in total. The quantitative estimate of drug-likeness (QED) is 0.382. The summed E-state index contributed by atoms with van der Waals surface area (Å²) in [5.41, 5.74) is 1.27. The van der Waals surface area contributed by atoms with Gasteiger partial charge in [-0.2, -0.15) is 0 Å². The highest BCUT2D eigenvalue weighted by molar-refractivity contribution is 6.10. The first-order chi connectivity index (χ1) is 14.1. The summed E-state index contributed by atoms with van der Waals surface area (Å²) in [6.07, 6.45) is 2.41. The summed E-state index contributed by atoms with van der Waals surface area (Å²) in [6.45, 7) is -0.0319. The van der Waals surface area contributed by atoms with Crippen molar-refractivity contribution in [2.24, 2.45) is 5.92 Å². The van der Waals surface area contributed by atoms with Crippen LogP contribution in [0.15, 0.2) is 72.8 Å². The van der Waals surface area contributed by atoms with Crippen LogP contribution in [0.2, 0.25) is 0 Å². The standard InChI is InChI=1S/C22H23NO6/c1-27-21(25)19(15-9-10-16-29-22(26)28-2)20(24)23(17-11-5-3-6-12-17)18-13-7-4-8-14-18/h3-14,19H,15-16H2,1-2H3/b10-9-. The van der Waals surface area contributed by atoms with Gasteiger partial charge in [-0.05, 0) is 30.7 Å². The van der Waals surface area contributed by atoms with E-state index in [1.54, 1.807) is 30.3 Å². The third kappa shape index (κ3) is 6.21. The second-order valence-electron chi connectivity index (χ2n) is 5.89. The first kappa shape index (κ1) is 21.7. The van der Waals surface area contributed by atoms with Gasteiger partial charge in [-0.3, -0.25) is 14.5 Å². The van der Waals surface area contributed by atoms with E-state index in [9.17, 15) is 14.4 Å². The molecule has 1 atom stereocenters. The van der Waals surface area contributed by atoms with E-state index in [1.807, 2.05) is 36.4 Å². The van der Waals surface area contributed by atoms with Gasteiger partial charge in [0.15, 0.2) is 0 Å². The highest BCUT2D eigenvalue weighted by Gasteiger charge is 2.32. The Morgan fingerprint density at radius 1 is 0.862 bits per heavy atom. The average Bonchev–Trinajstić information content (AvgIpc) is 2.77. The lowest BCUT2D eigenvalue weighted by Crippen LogP contribution is -2.37. The maximum Gasteiger partial charge on any atom is 0.508 e. The Hall–Kier alpha value is -3.61. The molecule has 0 fully saturated rings. The monoisotopic (exact) mass is 397 g/mol. The number of anilines is 2. The summed E-state index contributed by atoms with van der Waals surface area (Å²) >= 11 is 0. The summed E-state index contributed by atoms with van der Waals surface area (Å²) in [7, 11) is 2.45. The zero-order valence-corrected chi connectivity index (χ0v) is 16.3. The number of nitrogens with zero attached hydrogens (tertiary/aromatic N) is 1. The van der Waals surface area contributed by atoms with Gasteiger partial charge in [-0.25, -0.2) is 4.79 Å². The van der Waals surface area contributed by atoms with E-state index < -0.39 is 23.9 Å². The Labute approximate surface area is 169 Å². The minimum Gasteiger partial charge on any atom is -0.468 e. The molecule has 0 spiro atoms. The van der Waals surface area contributed by atoms with Crippen LogP contribution in [-0.2, 0) is 23.8 Å². The fourth-order valence-electron chi connectivity index (χ4n) is 2.63. The molecule has 0 N–H and O–H groups in total. The molecule has 0 saturated carbocycles. The van der Waals surface area contributed by atoms with Crippen molar-refractivity contribution in [1.29, 1.82) is 0 Å². The van der Waals surface area contributed by atoms with E-state index in [0.717, 1.165) is 0 Å². The molecule has 0 saturated heterocycles. The minimum absolute atomic E-state index is 0.0319. The number of methoxy groups -OCH3 is 2. The molecular formula is C22H23NO6. The van der Waals surface area contributed by atoms with E-state index in [-0.39, 0.29) is 13.0 Å². The van der Waals surface area contributed by atoms with E-state index >= 15 is 0 Å². The van der Waals surface area contributed by atoms with Crippen molar-refractivity contribution in [3.8, 4) is 0 Å². The Balaban J connectivity index is 2.25. The van der Waals surface area contributed by atoms with Crippen molar-refractivity contribution in [1.82, 2.24) is 0 Å². The summed E-state index contributed by atoms with van der Waals surface area (Å²) in [5.74, 6) is -2.13. The molecule has 2 aromatic rings. The van der Waals surface area contributed by atoms with Gasteiger partial charge in [-0.15, -0.1) is 0 Å². The number of hydrogen-bond acceptors (Lipinski definition) is 6. The number of carbonyl (C=O) groups excluding carboxylic acids is 3. The lowest BCUT2D eigenvalue weighted by molar-refractivity contribution is -0.149. The highest BCUT2D eigenvalue weighted by atomic mass is 16.7. The number of amides is 1. The molecule has 0 heterocycles. The van der Waals surface area contributed by atoms with E-state index in [4.69, 9.17) is 9.47 Å². The molecule has 0 radical (unpaired) electrons. The summed E-state index contributed by atoms with van der Waals surface area (Å²) < 4.78 is 14.0. The van der Waals surface area contributed by atoms with Gasteiger partial charge in [-0.1, -0.05) is 48.6 Å². The molecule has 0 aliphatic heterocycles. The Morgan fingerprint density at radius 2 is 1.41 bits per heavy atom. The molecule has 0 bridgehead atoms. The molecule has 2 rings (SSSR count). The van der Waals surface area contributed by atoms with Crippen LogP contribution in [0.25, 0.3) is 0 Å². The van der Waals surface area contributed by atoms with Gasteiger partial charge in [0.05, 0.1) is 14.2 Å². The zero-order valence-electron chi connectivity index (χ0n) is 16.3. The molecule has 7 heteroatoms. The van der Waals surface area contributed by atoms with Crippen molar-refractivity contribution in [3.63, 3.8) is 0 Å². The van der Waals surface area contributed by atoms with Crippen molar-refractivity contribution in [3.05, 3.63) is 72.8 Å². The number of benzene rings is 2. The Morgan fingerprint density at radius 3 is 1.90 bits per heavy atom. The van der Waals surface area contributed by atoms with Crippen LogP contribution in [0.3, 0.4) is 0 Å². The number of para-hydroxylation sites is 2. The summed E-state index contributed by atoms with van der Waals surface area (Å²) in [4.78, 5) is 38.1. The number of allylic oxidation sites excluding steroid dienone is 1. The van der Waals surface area contributed by atoms with Gasteiger partial charge in [0.1, 0.15) is 12.5 Å². The Kier molecular flexibility index (Phi) is 8.44. The number of esters is 1. The molecular weight excluding hydrogens is 374 g/mol. The van der Waals surface area contributed by atoms with Crippen LogP contribution in [0, 0.1) is 5.92 Å². The molecule has 1 amide bonds. The third-order valence-corrected chi connectivity index (χ3v) is 4.04. The molecule has 0 aromatic heterocycles. The molecule has 0 aliphatic rings. The molecule has 2 aromatic carbocycles. The number of ether oxygens (including phenoxy) is 3. The van der Waals surface area contributed by atoms with E-state index in [0.29, 0.717) is 11.4 Å². The Bertz CT molecular complexity index is 795. The second kappa shape index (κ2) is 11.3. The lowest BCUT2D eigenvalue weighted by Gasteiger charge is -2.26. The number of rotatable bonds is 8. The van der Waals surface area contributed by atoms with Crippen molar-refractivity contribution < 1.29 is 28.6 Å². The highest BCUT2D eigenvalue weighted by Crippen LogP contribution is 2.28. The first-order valence-electron chi connectivity index (χ1n) is 8.96. The summed E-state index contributed by atoms with van der Waals surface area (Å²) in [5, 5.41) is 0. The topological polar surface area (TPSA) is 82.1 Å². The van der Waals surface area contributed by atoms with Crippen LogP contribution >= 0.6 is 0 Å². The molecule has 29 heavy (non-hydrogen) atoms. The number of carbonyl (C=O) groups is 3. The van der Waals surface area contributed by atoms with Gasteiger partial charge >= 0.3 is 12.1 Å². The SMILES string of the molecule is COC(=O)OC/C=C\CC(C(=O)OC)C(=O)N(c1ccccc1)c1ccccc1. The fraction of sp³-hybridized carbons (Fsp3) is 0.227. The maximum atomic E-state index is 13.3. The van der Waals surface area contributed by atoms with Gasteiger partial charge in [0.2, 0.25) is 5.91 Å². The number of hydrogen-bond donors (Lipinski definition) is 0.